The Morgan fingerprint density at radius 1 is 1.27 bits per heavy atom. The van der Waals surface area contributed by atoms with E-state index < -0.39 is 53.9 Å². The van der Waals surface area contributed by atoms with Crippen LogP contribution in [0.4, 0.5) is 28.0 Å². The number of methoxy groups -OCH3 is 1. The molecule has 5 N–H and O–H groups in total. The Labute approximate surface area is 223 Å². The van der Waals surface area contributed by atoms with Crippen molar-refractivity contribution in [1.29, 1.82) is 0 Å². The number of carbonyl (C=O) groups is 3. The van der Waals surface area contributed by atoms with Gasteiger partial charge >= 0.3 is 12.3 Å². The number of nitrogens with one attached hydrogen (secondary N) is 3. The van der Waals surface area contributed by atoms with Gasteiger partial charge in [0.05, 0.1) is 19.2 Å². The van der Waals surface area contributed by atoms with Crippen molar-refractivity contribution in [2.45, 2.75) is 31.6 Å². The third kappa shape index (κ3) is 8.31. The van der Waals surface area contributed by atoms with E-state index in [1.54, 1.807) is 0 Å². The molecule has 0 bridgehead atoms. The number of hydrogen-bond donors (Lipinski definition) is 4. The van der Waals surface area contributed by atoms with Gasteiger partial charge in [0, 0.05) is 12.3 Å². The maximum Gasteiger partial charge on any atom is 0.422 e. The lowest BCUT2D eigenvalue weighted by Crippen LogP contribution is -2.44. The molecular formula is C24H24F4N6O6. The number of rotatable bonds is 11. The van der Waals surface area contributed by atoms with E-state index in [2.05, 4.69) is 30.1 Å². The van der Waals surface area contributed by atoms with Gasteiger partial charge in [0.1, 0.15) is 28.9 Å². The molecule has 16 heteroatoms. The Hall–Kier alpha value is -4.89. The first-order valence-electron chi connectivity index (χ1n) is 11.5. The molecule has 2 heterocycles. The van der Waals surface area contributed by atoms with Crippen molar-refractivity contribution < 1.29 is 41.4 Å². The molecule has 0 radical (unpaired) electrons. The van der Waals surface area contributed by atoms with E-state index in [0.29, 0.717) is 0 Å². The number of alkyl carbamates (subject to hydrolysis) is 1. The van der Waals surface area contributed by atoms with Gasteiger partial charge in [-0.15, -0.1) is 0 Å². The van der Waals surface area contributed by atoms with E-state index in [0.717, 1.165) is 29.9 Å². The van der Waals surface area contributed by atoms with Gasteiger partial charge in [-0.1, -0.05) is 6.08 Å². The molecule has 3 aromatic rings. The minimum absolute atomic E-state index is 0.0417. The molecule has 1 aromatic carbocycles. The fourth-order valence-electron chi connectivity index (χ4n) is 3.52. The van der Waals surface area contributed by atoms with Crippen LogP contribution in [0, 0.1) is 5.82 Å². The molecule has 0 spiro atoms. The van der Waals surface area contributed by atoms with Gasteiger partial charge in [-0.05, 0) is 37.1 Å². The maximum absolute atomic E-state index is 13.9. The molecule has 1 atom stereocenters. The lowest BCUT2D eigenvalue weighted by atomic mass is 10.1. The van der Waals surface area contributed by atoms with E-state index in [4.69, 9.17) is 5.73 Å². The predicted molar refractivity (Wildman–Crippen MR) is 133 cm³/mol. The monoisotopic (exact) mass is 568 g/mol. The summed E-state index contributed by atoms with van der Waals surface area (Å²) in [7, 11) is 1.10. The normalized spacial score (nSPS) is 12.3. The van der Waals surface area contributed by atoms with Crippen molar-refractivity contribution >= 4 is 34.6 Å². The third-order valence-electron chi connectivity index (χ3n) is 5.25. The Balaban J connectivity index is 1.80. The van der Waals surface area contributed by atoms with Gasteiger partial charge in [-0.2, -0.15) is 13.2 Å². The zero-order valence-electron chi connectivity index (χ0n) is 20.9. The molecule has 2 aromatic heterocycles. The highest BCUT2D eigenvalue weighted by molar-refractivity contribution is 5.96. The van der Waals surface area contributed by atoms with E-state index in [1.807, 2.05) is 0 Å². The number of imidazole rings is 1. The molecule has 0 aliphatic rings. The van der Waals surface area contributed by atoms with Crippen molar-refractivity contribution in [2.24, 2.45) is 5.73 Å². The van der Waals surface area contributed by atoms with Gasteiger partial charge < -0.3 is 35.4 Å². The Kier molecular flexibility index (Phi) is 9.47. The molecule has 40 heavy (non-hydrogen) atoms. The number of halogens is 4. The molecule has 0 saturated heterocycles. The summed E-state index contributed by atoms with van der Waals surface area (Å²) in [5, 5.41) is 4.76. The van der Waals surface area contributed by atoms with Crippen LogP contribution in [0.1, 0.15) is 18.7 Å². The van der Waals surface area contributed by atoms with Crippen LogP contribution in [-0.2, 0) is 20.9 Å². The largest absolute Gasteiger partial charge is 0.482 e. The number of ether oxygens (including phenoxy) is 2. The number of aromatic nitrogens is 3. The second-order valence-corrected chi connectivity index (χ2v) is 8.30. The fourth-order valence-corrected chi connectivity index (χ4v) is 3.52. The minimum Gasteiger partial charge on any atom is -0.482 e. The second kappa shape index (κ2) is 12.8. The number of benzene rings is 1. The number of anilines is 1. The number of fused-ring (bicyclic) bond motifs is 1. The standard InChI is InChI=1S/C24H24F4N6O6/c1-39-23(38)32-14(5-2-3-7-18(29)35)21(36)31-15-6-4-8-34(22(15)37)11-19-30-16-9-13(25)10-17(20(16)33-19)40-12-24(26,27)28/h3-4,6-10,14H,2,5,11-12H2,1H3,(H2,29,35)(H,30,33)(H,31,36)(H,32,38)/b7-3+/t14-/m0/s1. The number of amides is 3. The highest BCUT2D eigenvalue weighted by Crippen LogP contribution is 2.27. The number of pyridine rings is 1. The quantitative estimate of drug-likeness (QED) is 0.203. The van der Waals surface area contributed by atoms with Crippen molar-refractivity contribution in [3.63, 3.8) is 0 Å². The molecular weight excluding hydrogens is 544 g/mol. The summed E-state index contributed by atoms with van der Waals surface area (Å²) < 4.78 is 62.0. The van der Waals surface area contributed by atoms with Crippen molar-refractivity contribution in [2.75, 3.05) is 19.0 Å². The van der Waals surface area contributed by atoms with Crippen molar-refractivity contribution in [3.8, 4) is 5.75 Å². The summed E-state index contributed by atoms with van der Waals surface area (Å²) in [5.74, 6) is -2.64. The summed E-state index contributed by atoms with van der Waals surface area (Å²) in [6.45, 7) is -1.87. The van der Waals surface area contributed by atoms with Gasteiger partial charge in [0.2, 0.25) is 11.8 Å². The van der Waals surface area contributed by atoms with Crippen LogP contribution < -0.4 is 26.7 Å². The highest BCUT2D eigenvalue weighted by Gasteiger charge is 2.29. The first-order valence-corrected chi connectivity index (χ1v) is 11.5. The average molecular weight is 568 g/mol. The first kappa shape index (κ1) is 29.7. The molecule has 3 rings (SSSR count). The first-order chi connectivity index (χ1) is 18.9. The number of aromatic amines is 1. The lowest BCUT2D eigenvalue weighted by Gasteiger charge is -2.17. The smallest absolute Gasteiger partial charge is 0.422 e. The molecule has 0 saturated carbocycles. The number of alkyl halides is 3. The Morgan fingerprint density at radius 3 is 2.70 bits per heavy atom. The molecule has 12 nitrogen and oxygen atoms in total. The number of nitrogens with zero attached hydrogens (tertiary/aromatic N) is 2. The molecule has 0 aliphatic heterocycles. The van der Waals surface area contributed by atoms with Crippen LogP contribution in [0.25, 0.3) is 11.0 Å². The molecule has 214 valence electrons. The highest BCUT2D eigenvalue weighted by atomic mass is 19.4. The molecule has 0 unspecified atom stereocenters. The minimum atomic E-state index is -4.65. The summed E-state index contributed by atoms with van der Waals surface area (Å²) >= 11 is 0. The van der Waals surface area contributed by atoms with Gasteiger partial charge in [0.15, 0.2) is 12.4 Å². The van der Waals surface area contributed by atoms with Gasteiger partial charge in [-0.3, -0.25) is 14.4 Å². The van der Waals surface area contributed by atoms with Gasteiger partial charge in [-0.25, -0.2) is 14.2 Å². The summed E-state index contributed by atoms with van der Waals surface area (Å²) in [5.41, 5.74) is 4.16. The van der Waals surface area contributed by atoms with Crippen LogP contribution in [0.5, 0.6) is 5.75 Å². The van der Waals surface area contributed by atoms with Crippen molar-refractivity contribution in [3.05, 3.63) is 64.6 Å². The van der Waals surface area contributed by atoms with E-state index in [1.165, 1.54) is 24.4 Å². The lowest BCUT2D eigenvalue weighted by molar-refractivity contribution is -0.153. The summed E-state index contributed by atoms with van der Waals surface area (Å²) in [6, 6.07) is 3.40. The average Bonchev–Trinajstić information content (AvgIpc) is 3.28. The van der Waals surface area contributed by atoms with Crippen molar-refractivity contribution in [1.82, 2.24) is 19.9 Å². The van der Waals surface area contributed by atoms with E-state index in [-0.39, 0.29) is 41.9 Å². The third-order valence-corrected chi connectivity index (χ3v) is 5.25. The zero-order chi connectivity index (χ0) is 29.4. The van der Waals surface area contributed by atoms with Gasteiger partial charge in [0.25, 0.3) is 5.56 Å². The number of hydrogen-bond acceptors (Lipinski definition) is 7. The Morgan fingerprint density at radius 2 is 2.02 bits per heavy atom. The number of primary amides is 1. The second-order valence-electron chi connectivity index (χ2n) is 8.30. The fraction of sp³-hybridized carbons (Fsp3) is 0.292. The van der Waals surface area contributed by atoms with Crippen LogP contribution in [0.3, 0.4) is 0 Å². The topological polar surface area (TPSA) is 170 Å². The number of nitrogens with two attached hydrogens (primary N) is 1. The molecule has 0 aliphatic carbocycles. The Bertz CT molecular complexity index is 1480. The van der Waals surface area contributed by atoms with Crippen LogP contribution >= 0.6 is 0 Å². The summed E-state index contributed by atoms with van der Waals surface area (Å²) in [6.07, 6.45) is -1.45. The maximum atomic E-state index is 13.9. The number of allylic oxidation sites excluding steroid dienone is 1. The number of carbonyl (C=O) groups excluding carboxylic acids is 3. The SMILES string of the molecule is COC(=O)N[C@@H](CC/C=C/C(N)=O)C(=O)Nc1cccn(Cc2nc3c(OCC(F)(F)F)cc(F)cc3[nH]2)c1=O. The summed E-state index contributed by atoms with van der Waals surface area (Å²) in [4.78, 5) is 55.3. The van der Waals surface area contributed by atoms with Crippen LogP contribution in [0.2, 0.25) is 0 Å². The molecule has 0 fully saturated rings. The zero-order valence-corrected chi connectivity index (χ0v) is 20.9. The van der Waals surface area contributed by atoms with E-state index >= 15 is 0 Å². The van der Waals surface area contributed by atoms with Crippen LogP contribution in [-0.4, -0.2) is 58.4 Å². The predicted octanol–water partition coefficient (Wildman–Crippen LogP) is 2.34. The van der Waals surface area contributed by atoms with E-state index in [9.17, 15) is 36.7 Å². The molecule has 3 amide bonds. The van der Waals surface area contributed by atoms with Crippen LogP contribution in [0.15, 0.2) is 47.4 Å². The number of H-pyrrole nitrogens is 1.